The summed E-state index contributed by atoms with van der Waals surface area (Å²) < 4.78 is 5.15. The molecule has 0 saturated heterocycles. The highest BCUT2D eigenvalue weighted by atomic mass is 16.4. The number of para-hydroxylation sites is 1. The van der Waals surface area contributed by atoms with E-state index >= 15 is 0 Å². The van der Waals surface area contributed by atoms with Gasteiger partial charge < -0.3 is 9.52 Å². The van der Waals surface area contributed by atoms with E-state index in [1.807, 2.05) is 0 Å². The molecule has 5 heteroatoms. The maximum Gasteiger partial charge on any atom is 0.351 e. The number of hydrogen-bond acceptors (Lipinski definition) is 5. The Balaban J connectivity index is 1.91. The van der Waals surface area contributed by atoms with Crippen LogP contribution in [0.25, 0.3) is 11.0 Å². The van der Waals surface area contributed by atoms with Crippen molar-refractivity contribution in [2.45, 2.75) is 71.6 Å². The Kier molecular flexibility index (Phi) is 8.42. The highest BCUT2D eigenvalue weighted by Crippen LogP contribution is 2.28. The van der Waals surface area contributed by atoms with E-state index in [0.29, 0.717) is 11.8 Å². The molecule has 0 aliphatic heterocycles. The minimum atomic E-state index is -0.868. The molecule has 0 aliphatic rings. The van der Waals surface area contributed by atoms with Crippen molar-refractivity contribution in [3.05, 3.63) is 40.2 Å². The van der Waals surface area contributed by atoms with Crippen molar-refractivity contribution >= 4 is 22.5 Å². The van der Waals surface area contributed by atoms with E-state index in [4.69, 9.17) is 4.42 Å². The Bertz CT molecular complexity index is 865. The van der Waals surface area contributed by atoms with Crippen LogP contribution in [0.4, 0.5) is 0 Å². The lowest BCUT2D eigenvalue weighted by Crippen LogP contribution is -2.22. The zero-order valence-corrected chi connectivity index (χ0v) is 16.8. The summed E-state index contributed by atoms with van der Waals surface area (Å²) in [5.74, 6) is -1.58. The lowest BCUT2D eigenvalue weighted by Gasteiger charge is -2.11. The first-order valence-corrected chi connectivity index (χ1v) is 10.3. The first-order chi connectivity index (χ1) is 13.5. The molecule has 0 bridgehead atoms. The third kappa shape index (κ3) is 5.78. The van der Waals surface area contributed by atoms with Gasteiger partial charge in [-0.2, -0.15) is 0 Å². The van der Waals surface area contributed by atoms with Crippen LogP contribution in [0.5, 0.6) is 5.75 Å². The molecule has 2 aromatic rings. The molecule has 0 fully saturated rings. The number of carbonyl (C=O) groups excluding carboxylic acids is 2. The van der Waals surface area contributed by atoms with Gasteiger partial charge in [-0.1, -0.05) is 64.5 Å². The van der Waals surface area contributed by atoms with Crippen LogP contribution >= 0.6 is 0 Å². The van der Waals surface area contributed by atoms with E-state index < -0.39 is 17.3 Å². The van der Waals surface area contributed by atoms with Gasteiger partial charge in [0.2, 0.25) is 0 Å². The van der Waals surface area contributed by atoms with Gasteiger partial charge in [-0.25, -0.2) is 4.79 Å². The minimum Gasteiger partial charge on any atom is -0.506 e. The zero-order valence-electron chi connectivity index (χ0n) is 16.8. The molecule has 0 aliphatic carbocycles. The Morgan fingerprint density at radius 2 is 1.68 bits per heavy atom. The van der Waals surface area contributed by atoms with Crippen molar-refractivity contribution in [1.82, 2.24) is 0 Å². The molecule has 152 valence electrons. The number of rotatable bonds is 12. The topological polar surface area (TPSA) is 84.6 Å². The van der Waals surface area contributed by atoms with Crippen molar-refractivity contribution in [2.24, 2.45) is 5.92 Å². The van der Waals surface area contributed by atoms with Crippen LogP contribution in [0.15, 0.2) is 33.5 Å². The zero-order chi connectivity index (χ0) is 20.5. The van der Waals surface area contributed by atoms with E-state index in [1.165, 1.54) is 25.7 Å². The van der Waals surface area contributed by atoms with Crippen LogP contribution < -0.4 is 5.63 Å². The number of carbonyl (C=O) groups is 2. The molecule has 1 aromatic heterocycles. The molecule has 2 rings (SSSR count). The van der Waals surface area contributed by atoms with Crippen LogP contribution in [-0.4, -0.2) is 16.7 Å². The maximum absolute atomic E-state index is 12.7. The molecule has 28 heavy (non-hydrogen) atoms. The van der Waals surface area contributed by atoms with Crippen LogP contribution in [0.2, 0.25) is 0 Å². The fourth-order valence-electron chi connectivity index (χ4n) is 3.41. The number of aromatic hydroxyl groups is 1. The summed E-state index contributed by atoms with van der Waals surface area (Å²) >= 11 is 0. The number of unbranched alkanes of at least 4 members (excludes halogenated alkanes) is 6. The van der Waals surface area contributed by atoms with Gasteiger partial charge in [-0.05, 0) is 18.6 Å². The Morgan fingerprint density at radius 3 is 2.39 bits per heavy atom. The number of hydrogen-bond donors (Lipinski definition) is 1. The van der Waals surface area contributed by atoms with Gasteiger partial charge in [-0.15, -0.1) is 0 Å². The lowest BCUT2D eigenvalue weighted by molar-refractivity contribution is -0.119. The van der Waals surface area contributed by atoms with Gasteiger partial charge in [0.1, 0.15) is 22.7 Å². The van der Waals surface area contributed by atoms with Crippen molar-refractivity contribution in [3.63, 3.8) is 0 Å². The second kappa shape index (κ2) is 10.8. The second-order valence-electron chi connectivity index (χ2n) is 7.49. The molecule has 1 N–H and O–H groups in total. The second-order valence-corrected chi connectivity index (χ2v) is 7.49. The van der Waals surface area contributed by atoms with E-state index in [1.54, 1.807) is 31.2 Å². The molecule has 0 unspecified atom stereocenters. The first kappa shape index (κ1) is 21.9. The van der Waals surface area contributed by atoms with Crippen molar-refractivity contribution in [1.29, 1.82) is 0 Å². The molecular formula is C23H30O5. The van der Waals surface area contributed by atoms with Gasteiger partial charge >= 0.3 is 5.63 Å². The third-order valence-electron chi connectivity index (χ3n) is 5.07. The monoisotopic (exact) mass is 386 g/mol. The highest BCUT2D eigenvalue weighted by molar-refractivity contribution is 6.05. The molecule has 1 atom stereocenters. The molecule has 0 saturated carbocycles. The number of Topliss-reactive ketones (excluding diaryl/α,β-unsaturated/α-hetero) is 2. The first-order valence-electron chi connectivity index (χ1n) is 10.3. The molecule has 0 radical (unpaired) electrons. The summed E-state index contributed by atoms with van der Waals surface area (Å²) in [5.41, 5.74) is -1.01. The number of benzene rings is 1. The fraction of sp³-hybridized carbons (Fsp3) is 0.522. The van der Waals surface area contributed by atoms with E-state index in [0.717, 1.165) is 19.3 Å². The Labute approximate surface area is 165 Å². The van der Waals surface area contributed by atoms with Crippen LogP contribution in [0.3, 0.4) is 0 Å². The van der Waals surface area contributed by atoms with Crippen molar-refractivity contribution < 1.29 is 19.1 Å². The number of fused-ring (bicyclic) bond motifs is 1. The molecular weight excluding hydrogens is 356 g/mol. The quantitative estimate of drug-likeness (QED) is 0.299. The third-order valence-corrected chi connectivity index (χ3v) is 5.07. The van der Waals surface area contributed by atoms with Crippen molar-refractivity contribution in [3.8, 4) is 5.75 Å². The Morgan fingerprint density at radius 1 is 1.04 bits per heavy atom. The highest BCUT2D eigenvalue weighted by Gasteiger charge is 2.26. The van der Waals surface area contributed by atoms with Crippen molar-refractivity contribution in [2.75, 3.05) is 0 Å². The average Bonchev–Trinajstić information content (AvgIpc) is 2.67. The van der Waals surface area contributed by atoms with Crippen LogP contribution in [0, 0.1) is 5.92 Å². The van der Waals surface area contributed by atoms with E-state index in [2.05, 4.69) is 6.92 Å². The predicted molar refractivity (Wildman–Crippen MR) is 110 cm³/mol. The summed E-state index contributed by atoms with van der Waals surface area (Å²) in [6, 6.07) is 6.50. The van der Waals surface area contributed by atoms with E-state index in [-0.39, 0.29) is 29.1 Å². The average molecular weight is 386 g/mol. The summed E-state index contributed by atoms with van der Waals surface area (Å²) in [6.45, 7) is 3.79. The molecule has 0 amide bonds. The standard InChI is InChI=1S/C23H30O5/c1-3-4-5-6-7-8-9-12-17(24)15-16(2)21(25)20-22(26)18-13-10-11-14-19(18)28-23(20)27/h10-11,13-14,16,26H,3-9,12,15H2,1-2H3/t16-/m1/s1. The smallest absolute Gasteiger partial charge is 0.351 e. The SMILES string of the molecule is CCCCCCCCCC(=O)C[C@@H](C)C(=O)c1c(O)c2ccccc2oc1=O. The minimum absolute atomic E-state index is 0.0130. The molecule has 0 spiro atoms. The maximum atomic E-state index is 12.7. The van der Waals surface area contributed by atoms with E-state index in [9.17, 15) is 19.5 Å². The molecule has 5 nitrogen and oxygen atoms in total. The molecule has 1 aromatic carbocycles. The van der Waals surface area contributed by atoms with Gasteiger partial charge in [-0.3, -0.25) is 9.59 Å². The number of ketones is 2. The lowest BCUT2D eigenvalue weighted by atomic mass is 9.92. The summed E-state index contributed by atoms with van der Waals surface area (Å²) in [6.07, 6.45) is 8.42. The van der Waals surface area contributed by atoms with Gasteiger partial charge in [0, 0.05) is 18.8 Å². The normalized spacial score (nSPS) is 12.2. The van der Waals surface area contributed by atoms with Gasteiger partial charge in [0.05, 0.1) is 5.39 Å². The summed E-state index contributed by atoms with van der Waals surface area (Å²) in [5, 5.41) is 10.7. The largest absolute Gasteiger partial charge is 0.506 e. The predicted octanol–water partition coefficient (Wildman–Crippen LogP) is 5.42. The molecule has 1 heterocycles. The fourth-order valence-corrected chi connectivity index (χ4v) is 3.41. The van der Waals surface area contributed by atoms with Gasteiger partial charge in [0.15, 0.2) is 5.78 Å². The van der Waals surface area contributed by atoms with Gasteiger partial charge in [0.25, 0.3) is 0 Å². The van der Waals surface area contributed by atoms with Crippen LogP contribution in [0.1, 0.15) is 82.0 Å². The summed E-state index contributed by atoms with van der Waals surface area (Å²) in [7, 11) is 0. The van der Waals surface area contributed by atoms with Crippen LogP contribution in [-0.2, 0) is 4.79 Å². The summed E-state index contributed by atoms with van der Waals surface area (Å²) in [4.78, 5) is 37.0. The Hall–Kier alpha value is -2.43.